The monoisotopic (exact) mass is 263 g/mol. The smallest absolute Gasteiger partial charge is 0.310 e. The molecule has 2 heterocycles. The molecule has 5 heteroatoms. The van der Waals surface area contributed by atoms with Gasteiger partial charge < -0.3 is 9.64 Å². The van der Waals surface area contributed by atoms with Gasteiger partial charge in [-0.15, -0.1) is 0 Å². The van der Waals surface area contributed by atoms with Crippen molar-refractivity contribution in [3.05, 3.63) is 17.5 Å². The van der Waals surface area contributed by atoms with Crippen LogP contribution >= 0.6 is 0 Å². The van der Waals surface area contributed by atoms with E-state index in [1.54, 1.807) is 0 Å². The van der Waals surface area contributed by atoms with Crippen molar-refractivity contribution in [2.75, 3.05) is 25.1 Å². The average molecular weight is 263 g/mol. The molecule has 0 radical (unpaired) electrons. The SMILES string of the molecule is COC(=O)C1CCN(c2nc(C)cc(C(C)C)n2)C1. The Morgan fingerprint density at radius 1 is 1.47 bits per heavy atom. The van der Waals surface area contributed by atoms with Gasteiger partial charge in [0.15, 0.2) is 0 Å². The van der Waals surface area contributed by atoms with Crippen LogP contribution in [0.3, 0.4) is 0 Å². The third kappa shape index (κ3) is 3.03. The van der Waals surface area contributed by atoms with E-state index in [0.29, 0.717) is 12.5 Å². The Morgan fingerprint density at radius 2 is 2.21 bits per heavy atom. The summed E-state index contributed by atoms with van der Waals surface area (Å²) >= 11 is 0. The first-order valence-electron chi connectivity index (χ1n) is 6.69. The van der Waals surface area contributed by atoms with E-state index in [2.05, 4.69) is 28.7 Å². The van der Waals surface area contributed by atoms with E-state index in [1.165, 1.54) is 7.11 Å². The first kappa shape index (κ1) is 13.8. The van der Waals surface area contributed by atoms with Gasteiger partial charge in [0, 0.05) is 24.5 Å². The molecule has 1 aromatic rings. The molecule has 1 atom stereocenters. The highest BCUT2D eigenvalue weighted by Crippen LogP contribution is 2.23. The molecule has 1 aliphatic rings. The normalized spacial score (nSPS) is 19.0. The molecule has 0 amide bonds. The number of hydrogen-bond acceptors (Lipinski definition) is 5. The first-order chi connectivity index (χ1) is 9.01. The van der Waals surface area contributed by atoms with Crippen LogP contribution in [0.5, 0.6) is 0 Å². The fourth-order valence-corrected chi connectivity index (χ4v) is 2.31. The summed E-state index contributed by atoms with van der Waals surface area (Å²) in [4.78, 5) is 22.7. The molecular formula is C14H21N3O2. The molecule has 5 nitrogen and oxygen atoms in total. The van der Waals surface area contributed by atoms with Gasteiger partial charge >= 0.3 is 5.97 Å². The van der Waals surface area contributed by atoms with E-state index >= 15 is 0 Å². The highest BCUT2D eigenvalue weighted by Gasteiger charge is 2.30. The zero-order chi connectivity index (χ0) is 14.0. The molecule has 0 spiro atoms. The Bertz CT molecular complexity index is 474. The number of aromatic nitrogens is 2. The minimum atomic E-state index is -0.140. The fourth-order valence-electron chi connectivity index (χ4n) is 2.31. The Hall–Kier alpha value is -1.65. The van der Waals surface area contributed by atoms with Gasteiger partial charge in [-0.25, -0.2) is 9.97 Å². The quantitative estimate of drug-likeness (QED) is 0.780. The van der Waals surface area contributed by atoms with Gasteiger partial charge in [-0.3, -0.25) is 4.79 Å². The van der Waals surface area contributed by atoms with E-state index in [-0.39, 0.29) is 11.9 Å². The average Bonchev–Trinajstić information content (AvgIpc) is 2.86. The summed E-state index contributed by atoms with van der Waals surface area (Å²) in [5, 5.41) is 0. The highest BCUT2D eigenvalue weighted by molar-refractivity contribution is 5.73. The lowest BCUT2D eigenvalue weighted by molar-refractivity contribution is -0.144. The molecule has 0 saturated carbocycles. The lowest BCUT2D eigenvalue weighted by Crippen LogP contribution is -2.25. The maximum absolute atomic E-state index is 11.5. The largest absolute Gasteiger partial charge is 0.469 e. The van der Waals surface area contributed by atoms with Crippen LogP contribution in [-0.2, 0) is 9.53 Å². The van der Waals surface area contributed by atoms with Crippen LogP contribution in [0.1, 0.15) is 37.6 Å². The van der Waals surface area contributed by atoms with Gasteiger partial charge in [-0.1, -0.05) is 13.8 Å². The number of esters is 1. The second-order valence-electron chi connectivity index (χ2n) is 5.34. The van der Waals surface area contributed by atoms with Crippen molar-refractivity contribution in [1.29, 1.82) is 0 Å². The maximum Gasteiger partial charge on any atom is 0.310 e. The zero-order valence-corrected chi connectivity index (χ0v) is 12.0. The Balaban J connectivity index is 2.17. The van der Waals surface area contributed by atoms with Crippen molar-refractivity contribution in [3.63, 3.8) is 0 Å². The number of nitrogens with zero attached hydrogens (tertiary/aromatic N) is 3. The molecule has 1 aliphatic heterocycles. The number of carbonyl (C=O) groups excluding carboxylic acids is 1. The fraction of sp³-hybridized carbons (Fsp3) is 0.643. The second-order valence-corrected chi connectivity index (χ2v) is 5.34. The van der Waals surface area contributed by atoms with Crippen LogP contribution in [0.25, 0.3) is 0 Å². The van der Waals surface area contributed by atoms with Crippen molar-refractivity contribution in [1.82, 2.24) is 9.97 Å². The van der Waals surface area contributed by atoms with Gasteiger partial charge in [0.05, 0.1) is 13.0 Å². The van der Waals surface area contributed by atoms with Crippen LogP contribution in [-0.4, -0.2) is 36.1 Å². The third-order valence-corrected chi connectivity index (χ3v) is 3.46. The predicted molar refractivity (Wildman–Crippen MR) is 73.2 cm³/mol. The molecule has 0 N–H and O–H groups in total. The first-order valence-corrected chi connectivity index (χ1v) is 6.69. The molecule has 0 aromatic carbocycles. The predicted octanol–water partition coefficient (Wildman–Crippen LogP) is 1.91. The van der Waals surface area contributed by atoms with Crippen LogP contribution in [0.15, 0.2) is 6.07 Å². The molecular weight excluding hydrogens is 242 g/mol. The summed E-state index contributed by atoms with van der Waals surface area (Å²) in [6, 6.07) is 2.02. The minimum Gasteiger partial charge on any atom is -0.469 e. The number of hydrogen-bond donors (Lipinski definition) is 0. The van der Waals surface area contributed by atoms with Gasteiger partial charge in [-0.2, -0.15) is 0 Å². The van der Waals surface area contributed by atoms with E-state index in [4.69, 9.17) is 4.74 Å². The highest BCUT2D eigenvalue weighted by atomic mass is 16.5. The summed E-state index contributed by atoms with van der Waals surface area (Å²) in [5.41, 5.74) is 2.01. The lowest BCUT2D eigenvalue weighted by atomic mass is 10.1. The van der Waals surface area contributed by atoms with Crippen molar-refractivity contribution in [3.8, 4) is 0 Å². The summed E-state index contributed by atoms with van der Waals surface area (Å²) < 4.78 is 4.80. The Labute approximate surface area is 114 Å². The van der Waals surface area contributed by atoms with Gasteiger partial charge in [-0.05, 0) is 25.3 Å². The topological polar surface area (TPSA) is 55.3 Å². The number of methoxy groups -OCH3 is 1. The Kier molecular flexibility index (Phi) is 4.02. The van der Waals surface area contributed by atoms with E-state index in [9.17, 15) is 4.79 Å². The minimum absolute atomic E-state index is 0.0587. The van der Waals surface area contributed by atoms with Gasteiger partial charge in [0.25, 0.3) is 0 Å². The van der Waals surface area contributed by atoms with Crippen molar-refractivity contribution in [2.24, 2.45) is 5.92 Å². The van der Waals surface area contributed by atoms with E-state index < -0.39 is 0 Å². The molecule has 1 unspecified atom stereocenters. The third-order valence-electron chi connectivity index (χ3n) is 3.46. The number of rotatable bonds is 3. The van der Waals surface area contributed by atoms with Crippen LogP contribution in [0.2, 0.25) is 0 Å². The summed E-state index contributed by atoms with van der Waals surface area (Å²) in [5.74, 6) is 0.908. The molecule has 2 rings (SSSR count). The second kappa shape index (κ2) is 5.55. The standard InChI is InChI=1S/C14H21N3O2/c1-9(2)12-7-10(3)15-14(16-12)17-6-5-11(8-17)13(18)19-4/h7,9,11H,5-6,8H2,1-4H3. The van der Waals surface area contributed by atoms with Crippen molar-refractivity contribution < 1.29 is 9.53 Å². The molecule has 19 heavy (non-hydrogen) atoms. The summed E-state index contributed by atoms with van der Waals surface area (Å²) in [6.07, 6.45) is 0.807. The van der Waals surface area contributed by atoms with Gasteiger partial charge in [0.2, 0.25) is 5.95 Å². The summed E-state index contributed by atoms with van der Waals surface area (Å²) in [7, 11) is 1.44. The molecule has 0 bridgehead atoms. The van der Waals surface area contributed by atoms with Crippen LogP contribution in [0.4, 0.5) is 5.95 Å². The number of carbonyl (C=O) groups is 1. The van der Waals surface area contributed by atoms with Crippen molar-refractivity contribution >= 4 is 11.9 Å². The molecule has 1 fully saturated rings. The van der Waals surface area contributed by atoms with Crippen molar-refractivity contribution in [2.45, 2.75) is 33.1 Å². The molecule has 1 saturated heterocycles. The molecule has 1 aromatic heterocycles. The van der Waals surface area contributed by atoms with E-state index in [0.717, 1.165) is 30.3 Å². The number of anilines is 1. The van der Waals surface area contributed by atoms with E-state index in [1.807, 2.05) is 13.0 Å². The lowest BCUT2D eigenvalue weighted by Gasteiger charge is -2.18. The molecule has 0 aliphatic carbocycles. The molecule has 104 valence electrons. The number of ether oxygens (including phenoxy) is 1. The number of aryl methyl sites for hydroxylation is 1. The summed E-state index contributed by atoms with van der Waals surface area (Å²) in [6.45, 7) is 7.67. The van der Waals surface area contributed by atoms with Crippen LogP contribution < -0.4 is 4.90 Å². The van der Waals surface area contributed by atoms with Gasteiger partial charge in [0.1, 0.15) is 0 Å². The Morgan fingerprint density at radius 3 is 2.84 bits per heavy atom. The van der Waals surface area contributed by atoms with Crippen LogP contribution in [0, 0.1) is 12.8 Å². The maximum atomic E-state index is 11.5. The zero-order valence-electron chi connectivity index (χ0n) is 12.0.